The molecule has 3 aromatic carbocycles. The number of rotatable bonds is 12. The van der Waals surface area contributed by atoms with Crippen LogP contribution >= 0.6 is 23.2 Å². The van der Waals surface area contributed by atoms with Crippen LogP contribution in [0.5, 0.6) is 5.75 Å². The minimum Gasteiger partial charge on any atom is -0.492 e. The smallest absolute Gasteiger partial charge is 0.264 e. The Kier molecular flexibility index (Phi) is 11.5. The summed E-state index contributed by atoms with van der Waals surface area (Å²) in [6.45, 7) is 10.7. The van der Waals surface area contributed by atoms with Gasteiger partial charge in [0.05, 0.1) is 27.2 Å². The summed E-state index contributed by atoms with van der Waals surface area (Å²) < 4.78 is 35.1. The lowest BCUT2D eigenvalue weighted by atomic mass is 10.1. The first-order valence-electron chi connectivity index (χ1n) is 14.0. The van der Waals surface area contributed by atoms with Crippen LogP contribution in [-0.2, 0) is 26.2 Å². The molecule has 0 radical (unpaired) electrons. The number of anilines is 1. The lowest BCUT2D eigenvalue weighted by molar-refractivity contribution is -0.141. The standard InChI is InChI=1S/C32H39Cl2N3O5S/c1-7-27(31(39)35-32(4,5)6)36(20-23-15-18-25(33)26(34)19-23)30(38)21-37(28-11-9-10-12-29(28)42-8-2)43(40,41)24-16-13-22(3)14-17-24/h9-19,27H,7-8,20-21H2,1-6H3,(H,35,39)/t27-/m1/s1. The second kappa shape index (κ2) is 14.5. The summed E-state index contributed by atoms with van der Waals surface area (Å²) in [6.07, 6.45) is 0.287. The molecule has 0 bridgehead atoms. The average Bonchev–Trinajstić information content (AvgIpc) is 2.93. The normalized spacial score (nSPS) is 12.4. The number of nitrogens with zero attached hydrogens (tertiary/aromatic N) is 2. The Morgan fingerprint density at radius 1 is 0.953 bits per heavy atom. The minimum atomic E-state index is -4.24. The number of amides is 2. The van der Waals surface area contributed by atoms with E-state index in [4.69, 9.17) is 27.9 Å². The van der Waals surface area contributed by atoms with E-state index in [9.17, 15) is 18.0 Å². The van der Waals surface area contributed by atoms with Crippen molar-refractivity contribution in [1.82, 2.24) is 10.2 Å². The number of sulfonamides is 1. The zero-order valence-electron chi connectivity index (χ0n) is 25.4. The van der Waals surface area contributed by atoms with Crippen molar-refractivity contribution in [3.63, 3.8) is 0 Å². The average molecular weight is 649 g/mol. The van der Waals surface area contributed by atoms with E-state index in [0.717, 1.165) is 9.87 Å². The molecule has 0 saturated carbocycles. The predicted molar refractivity (Wildman–Crippen MR) is 172 cm³/mol. The van der Waals surface area contributed by atoms with E-state index in [1.807, 2.05) is 27.7 Å². The first-order chi connectivity index (χ1) is 20.2. The van der Waals surface area contributed by atoms with Crippen molar-refractivity contribution in [1.29, 1.82) is 0 Å². The highest BCUT2D eigenvalue weighted by Gasteiger charge is 2.35. The summed E-state index contributed by atoms with van der Waals surface area (Å²) in [5, 5.41) is 3.60. The second-order valence-electron chi connectivity index (χ2n) is 11.2. The van der Waals surface area contributed by atoms with Gasteiger partial charge in [0, 0.05) is 12.1 Å². The highest BCUT2D eigenvalue weighted by Crippen LogP contribution is 2.33. The van der Waals surface area contributed by atoms with Crippen molar-refractivity contribution < 1.29 is 22.7 Å². The Morgan fingerprint density at radius 2 is 1.60 bits per heavy atom. The van der Waals surface area contributed by atoms with Gasteiger partial charge in [-0.15, -0.1) is 0 Å². The Hall–Kier alpha value is -3.27. The molecule has 0 aromatic heterocycles. The van der Waals surface area contributed by atoms with Crippen molar-refractivity contribution >= 4 is 50.7 Å². The molecule has 0 aliphatic heterocycles. The minimum absolute atomic E-state index is 0.00266. The summed E-state index contributed by atoms with van der Waals surface area (Å²) in [7, 11) is -4.24. The molecule has 0 heterocycles. The molecule has 2 amide bonds. The number of carbonyl (C=O) groups excluding carboxylic acids is 2. The number of hydrogen-bond donors (Lipinski definition) is 1. The molecule has 1 atom stereocenters. The van der Waals surface area contributed by atoms with Gasteiger partial charge in [-0.2, -0.15) is 0 Å². The van der Waals surface area contributed by atoms with Gasteiger partial charge in [-0.25, -0.2) is 8.42 Å². The molecule has 3 rings (SSSR count). The maximum atomic E-state index is 14.3. The largest absolute Gasteiger partial charge is 0.492 e. The number of aryl methyl sites for hydroxylation is 1. The SMILES string of the molecule is CCOc1ccccc1N(CC(=O)N(Cc1ccc(Cl)c(Cl)c1)[C@H](CC)C(=O)NC(C)(C)C)S(=O)(=O)c1ccc(C)cc1. The van der Waals surface area contributed by atoms with Crippen LogP contribution in [0.3, 0.4) is 0 Å². The molecule has 3 aromatic rings. The van der Waals surface area contributed by atoms with E-state index in [1.165, 1.54) is 17.0 Å². The van der Waals surface area contributed by atoms with Crippen LogP contribution in [0.4, 0.5) is 5.69 Å². The van der Waals surface area contributed by atoms with Crippen LogP contribution in [0.1, 0.15) is 52.2 Å². The maximum absolute atomic E-state index is 14.3. The van der Waals surface area contributed by atoms with E-state index >= 15 is 0 Å². The Balaban J connectivity index is 2.14. The zero-order valence-corrected chi connectivity index (χ0v) is 27.7. The van der Waals surface area contributed by atoms with Gasteiger partial charge in [-0.1, -0.05) is 66.0 Å². The van der Waals surface area contributed by atoms with Crippen LogP contribution in [-0.4, -0.2) is 49.9 Å². The van der Waals surface area contributed by atoms with Crippen molar-refractivity contribution in [3.05, 3.63) is 87.9 Å². The molecular formula is C32H39Cl2N3O5S. The fraction of sp³-hybridized carbons (Fsp3) is 0.375. The monoisotopic (exact) mass is 647 g/mol. The number of benzene rings is 3. The fourth-order valence-corrected chi connectivity index (χ4v) is 6.24. The lowest BCUT2D eigenvalue weighted by Crippen LogP contribution is -2.55. The zero-order chi connectivity index (χ0) is 31.9. The quantitative estimate of drug-likeness (QED) is 0.238. The summed E-state index contributed by atoms with van der Waals surface area (Å²) in [4.78, 5) is 29.2. The van der Waals surface area contributed by atoms with Gasteiger partial charge >= 0.3 is 0 Å². The number of carbonyl (C=O) groups is 2. The molecule has 232 valence electrons. The predicted octanol–water partition coefficient (Wildman–Crippen LogP) is 6.62. The second-order valence-corrected chi connectivity index (χ2v) is 13.8. The van der Waals surface area contributed by atoms with Gasteiger partial charge in [-0.3, -0.25) is 13.9 Å². The van der Waals surface area contributed by atoms with Gasteiger partial charge in [0.1, 0.15) is 18.3 Å². The molecule has 0 fully saturated rings. The van der Waals surface area contributed by atoms with E-state index < -0.39 is 34.1 Å². The molecule has 0 aliphatic rings. The number of ether oxygens (including phenoxy) is 1. The summed E-state index contributed by atoms with van der Waals surface area (Å²) >= 11 is 12.4. The van der Waals surface area contributed by atoms with Crippen molar-refractivity contribution in [2.24, 2.45) is 0 Å². The summed E-state index contributed by atoms with van der Waals surface area (Å²) in [5.41, 5.74) is 1.17. The van der Waals surface area contributed by atoms with Gasteiger partial charge in [0.25, 0.3) is 10.0 Å². The van der Waals surface area contributed by atoms with Gasteiger partial charge in [-0.05, 0) is 83.0 Å². The van der Waals surface area contributed by atoms with Crippen LogP contribution in [0.25, 0.3) is 0 Å². The van der Waals surface area contributed by atoms with Crippen molar-refractivity contribution in [2.75, 3.05) is 17.5 Å². The number of para-hydroxylation sites is 2. The summed E-state index contributed by atoms with van der Waals surface area (Å²) in [6, 6.07) is 17.1. The third-order valence-electron chi connectivity index (χ3n) is 6.54. The highest BCUT2D eigenvalue weighted by atomic mass is 35.5. The Labute approximate surface area is 265 Å². The first-order valence-corrected chi connectivity index (χ1v) is 16.2. The first kappa shape index (κ1) is 34.2. The van der Waals surface area contributed by atoms with Crippen LogP contribution in [0.2, 0.25) is 10.0 Å². The van der Waals surface area contributed by atoms with E-state index in [1.54, 1.807) is 68.4 Å². The third-order valence-corrected chi connectivity index (χ3v) is 9.06. The molecule has 0 spiro atoms. The van der Waals surface area contributed by atoms with Crippen molar-refractivity contribution in [2.45, 2.75) is 71.0 Å². The number of halogens is 2. The lowest BCUT2D eigenvalue weighted by Gasteiger charge is -2.35. The van der Waals surface area contributed by atoms with Crippen LogP contribution in [0, 0.1) is 6.92 Å². The fourth-order valence-electron chi connectivity index (χ4n) is 4.50. The molecule has 0 aliphatic carbocycles. The molecular weight excluding hydrogens is 609 g/mol. The molecule has 0 saturated heterocycles. The molecule has 1 N–H and O–H groups in total. The van der Waals surface area contributed by atoms with E-state index in [0.29, 0.717) is 21.4 Å². The summed E-state index contributed by atoms with van der Waals surface area (Å²) in [5.74, 6) is -0.628. The van der Waals surface area contributed by atoms with Crippen LogP contribution < -0.4 is 14.4 Å². The highest BCUT2D eigenvalue weighted by molar-refractivity contribution is 7.92. The topological polar surface area (TPSA) is 96.0 Å². The molecule has 43 heavy (non-hydrogen) atoms. The molecule has 0 unspecified atom stereocenters. The Morgan fingerprint density at radius 3 is 2.19 bits per heavy atom. The Bertz CT molecular complexity index is 1540. The molecule has 11 heteroatoms. The van der Waals surface area contributed by atoms with Gasteiger partial charge in [0.15, 0.2) is 0 Å². The third kappa shape index (κ3) is 8.87. The van der Waals surface area contributed by atoms with E-state index in [2.05, 4.69) is 5.32 Å². The van der Waals surface area contributed by atoms with E-state index in [-0.39, 0.29) is 36.1 Å². The number of hydrogen-bond acceptors (Lipinski definition) is 5. The number of nitrogens with one attached hydrogen (secondary N) is 1. The van der Waals surface area contributed by atoms with Crippen molar-refractivity contribution in [3.8, 4) is 5.75 Å². The molecule has 8 nitrogen and oxygen atoms in total. The maximum Gasteiger partial charge on any atom is 0.264 e. The van der Waals surface area contributed by atoms with Crippen LogP contribution in [0.15, 0.2) is 71.6 Å². The van der Waals surface area contributed by atoms with Gasteiger partial charge in [0.2, 0.25) is 11.8 Å². The van der Waals surface area contributed by atoms with Gasteiger partial charge < -0.3 is 15.0 Å².